The number of hydrogen-bond acceptors (Lipinski definition) is 1. The maximum absolute atomic E-state index is 5.36. The lowest BCUT2D eigenvalue weighted by Crippen LogP contribution is -2.43. The summed E-state index contributed by atoms with van der Waals surface area (Å²) in [5.74, 6) is 5.36. The smallest absolute Gasteiger partial charge is 0.199 e. The summed E-state index contributed by atoms with van der Waals surface area (Å²) in [6.45, 7) is 3.61. The minimum atomic E-state index is 1.08. The van der Waals surface area contributed by atoms with E-state index in [1.54, 1.807) is 18.5 Å². The highest BCUT2D eigenvalue weighted by atomic mass is 15.3. The largest absolute Gasteiger partial charge is 0.205 e. The predicted molar refractivity (Wildman–Crippen MR) is 36.9 cm³/mol. The molecule has 0 aliphatic heterocycles. The molecule has 0 saturated heterocycles. The predicted octanol–water partition coefficient (Wildman–Crippen LogP) is 0.331. The molecular weight excluding hydrogens is 112 g/mol. The van der Waals surface area contributed by atoms with E-state index in [1.165, 1.54) is 4.68 Å². The molecule has 0 fully saturated rings. The summed E-state index contributed by atoms with van der Waals surface area (Å²) < 4.78 is 1.49. The Morgan fingerprint density at radius 2 is 2.00 bits per heavy atom. The molecule has 0 aliphatic rings. The molecule has 0 atom stereocenters. The van der Waals surface area contributed by atoms with Gasteiger partial charge in [0.1, 0.15) is 0 Å². The van der Waals surface area contributed by atoms with Crippen LogP contribution in [0.2, 0.25) is 0 Å². The molecule has 0 amide bonds. The number of pyridine rings is 1. The van der Waals surface area contributed by atoms with Crippen LogP contribution in [0, 0.1) is 0 Å². The lowest BCUT2D eigenvalue weighted by molar-refractivity contribution is -0.638. The van der Waals surface area contributed by atoms with Crippen LogP contribution >= 0.6 is 0 Å². The molecule has 0 saturated carbocycles. The van der Waals surface area contributed by atoms with Crippen molar-refractivity contribution in [3.8, 4) is 0 Å². The first-order chi connectivity index (χ1) is 4.33. The summed E-state index contributed by atoms with van der Waals surface area (Å²) in [6, 6.07) is 3.79. The topological polar surface area (TPSA) is 29.9 Å². The number of nitrogen functional groups attached to an aromatic ring is 1. The molecule has 46 valence electrons. The Hall–Kier alpha value is -1.31. The van der Waals surface area contributed by atoms with Crippen molar-refractivity contribution in [2.75, 3.05) is 5.84 Å². The molecule has 0 bridgehead atoms. The average Bonchev–Trinajstić information content (AvgIpc) is 1.90. The Morgan fingerprint density at radius 3 is 2.44 bits per heavy atom. The van der Waals surface area contributed by atoms with Crippen LogP contribution in [0.15, 0.2) is 31.1 Å². The third kappa shape index (κ3) is 1.29. The van der Waals surface area contributed by atoms with Gasteiger partial charge in [0.05, 0.1) is 0 Å². The van der Waals surface area contributed by atoms with Crippen LogP contribution in [0.1, 0.15) is 5.56 Å². The number of nitrogens with zero attached hydrogens (tertiary/aromatic N) is 1. The van der Waals surface area contributed by atoms with Gasteiger partial charge in [0, 0.05) is 12.1 Å². The van der Waals surface area contributed by atoms with E-state index < -0.39 is 0 Å². The van der Waals surface area contributed by atoms with Crippen molar-refractivity contribution < 1.29 is 4.68 Å². The lowest BCUT2D eigenvalue weighted by atomic mass is 10.3. The molecule has 1 aromatic rings. The van der Waals surface area contributed by atoms with Gasteiger partial charge in [0.25, 0.3) is 0 Å². The fourth-order valence-electron chi connectivity index (χ4n) is 0.586. The molecule has 0 unspecified atom stereocenters. The first-order valence-electron chi connectivity index (χ1n) is 2.72. The fraction of sp³-hybridized carbons (Fsp3) is 0. The maximum atomic E-state index is 5.36. The minimum absolute atomic E-state index is 1.08. The first kappa shape index (κ1) is 5.82. The number of rotatable bonds is 1. The zero-order valence-corrected chi connectivity index (χ0v) is 5.12. The molecule has 2 heteroatoms. The van der Waals surface area contributed by atoms with Gasteiger partial charge in [-0.25, -0.2) is 5.84 Å². The molecular formula is C7H9N2+. The van der Waals surface area contributed by atoms with E-state index in [1.807, 2.05) is 12.1 Å². The van der Waals surface area contributed by atoms with Crippen molar-refractivity contribution in [1.82, 2.24) is 0 Å². The number of aromatic nitrogens is 1. The van der Waals surface area contributed by atoms with Gasteiger partial charge in [-0.1, -0.05) is 17.3 Å². The highest BCUT2D eigenvalue weighted by Crippen LogP contribution is 1.93. The monoisotopic (exact) mass is 121 g/mol. The molecule has 0 spiro atoms. The molecule has 2 N–H and O–H groups in total. The van der Waals surface area contributed by atoms with Crippen molar-refractivity contribution in [3.63, 3.8) is 0 Å². The zero-order valence-electron chi connectivity index (χ0n) is 5.12. The second-order valence-electron chi connectivity index (χ2n) is 1.78. The Labute approximate surface area is 54.2 Å². The van der Waals surface area contributed by atoms with Gasteiger partial charge in [0.2, 0.25) is 0 Å². The van der Waals surface area contributed by atoms with E-state index in [0.29, 0.717) is 0 Å². The van der Waals surface area contributed by atoms with E-state index in [0.717, 1.165) is 5.56 Å². The van der Waals surface area contributed by atoms with E-state index in [4.69, 9.17) is 5.84 Å². The highest BCUT2D eigenvalue weighted by molar-refractivity contribution is 5.44. The van der Waals surface area contributed by atoms with Crippen LogP contribution in [0.4, 0.5) is 0 Å². The van der Waals surface area contributed by atoms with Gasteiger partial charge >= 0.3 is 0 Å². The van der Waals surface area contributed by atoms with Crippen molar-refractivity contribution in [2.24, 2.45) is 0 Å². The van der Waals surface area contributed by atoms with E-state index in [-0.39, 0.29) is 0 Å². The second kappa shape index (κ2) is 2.31. The molecule has 0 radical (unpaired) electrons. The zero-order chi connectivity index (χ0) is 6.69. The van der Waals surface area contributed by atoms with Crippen LogP contribution < -0.4 is 10.5 Å². The van der Waals surface area contributed by atoms with Gasteiger partial charge < -0.3 is 0 Å². The Bertz CT molecular complexity index is 201. The fourth-order valence-corrected chi connectivity index (χ4v) is 0.586. The molecule has 2 nitrogen and oxygen atoms in total. The van der Waals surface area contributed by atoms with Crippen LogP contribution in [-0.2, 0) is 0 Å². The summed E-state index contributed by atoms with van der Waals surface area (Å²) >= 11 is 0. The quantitative estimate of drug-likeness (QED) is 0.421. The third-order valence-corrected chi connectivity index (χ3v) is 1.11. The summed E-state index contributed by atoms with van der Waals surface area (Å²) in [7, 11) is 0. The minimum Gasteiger partial charge on any atom is -0.205 e. The molecule has 0 aliphatic carbocycles. The first-order valence-corrected chi connectivity index (χ1v) is 2.72. The summed E-state index contributed by atoms with van der Waals surface area (Å²) in [5, 5.41) is 0. The number of nitrogens with two attached hydrogens (primary N) is 1. The molecule has 0 aromatic carbocycles. The van der Waals surface area contributed by atoms with Crippen LogP contribution in [0.5, 0.6) is 0 Å². The number of hydrogen-bond donors (Lipinski definition) is 1. The van der Waals surface area contributed by atoms with Gasteiger partial charge in [0.15, 0.2) is 12.4 Å². The molecule has 1 rings (SSSR count). The maximum Gasteiger partial charge on any atom is 0.199 e. The van der Waals surface area contributed by atoms with Crippen molar-refractivity contribution >= 4 is 6.08 Å². The SMILES string of the molecule is C=Cc1cc[n+](N)cc1. The summed E-state index contributed by atoms with van der Waals surface area (Å²) in [5.41, 5.74) is 1.08. The van der Waals surface area contributed by atoms with Crippen LogP contribution in [0.25, 0.3) is 6.08 Å². The normalized spacial score (nSPS) is 8.89. The Morgan fingerprint density at radius 1 is 1.44 bits per heavy atom. The van der Waals surface area contributed by atoms with Gasteiger partial charge in [-0.2, -0.15) is 0 Å². The lowest BCUT2D eigenvalue weighted by Gasteiger charge is -1.85. The molecule has 1 aromatic heterocycles. The average molecular weight is 121 g/mol. The van der Waals surface area contributed by atoms with Crippen LogP contribution in [0.3, 0.4) is 0 Å². The summed E-state index contributed by atoms with van der Waals surface area (Å²) in [6.07, 6.45) is 5.33. The van der Waals surface area contributed by atoms with E-state index >= 15 is 0 Å². The Balaban J connectivity index is 3.01. The third-order valence-electron chi connectivity index (χ3n) is 1.11. The van der Waals surface area contributed by atoms with Crippen LogP contribution in [-0.4, -0.2) is 0 Å². The van der Waals surface area contributed by atoms with Crippen molar-refractivity contribution in [2.45, 2.75) is 0 Å². The summed E-state index contributed by atoms with van der Waals surface area (Å²) in [4.78, 5) is 0. The van der Waals surface area contributed by atoms with Gasteiger partial charge in [-0.15, -0.1) is 0 Å². The molecule has 1 heterocycles. The Kier molecular flexibility index (Phi) is 1.49. The van der Waals surface area contributed by atoms with Crippen molar-refractivity contribution in [3.05, 3.63) is 36.7 Å². The van der Waals surface area contributed by atoms with E-state index in [9.17, 15) is 0 Å². The van der Waals surface area contributed by atoms with Gasteiger partial charge in [-0.05, 0) is 5.56 Å². The van der Waals surface area contributed by atoms with E-state index in [2.05, 4.69) is 6.58 Å². The van der Waals surface area contributed by atoms with Crippen molar-refractivity contribution in [1.29, 1.82) is 0 Å². The molecule has 9 heavy (non-hydrogen) atoms. The highest BCUT2D eigenvalue weighted by Gasteiger charge is 1.89. The second-order valence-corrected chi connectivity index (χ2v) is 1.78. The van der Waals surface area contributed by atoms with Gasteiger partial charge in [-0.3, -0.25) is 0 Å². The standard InChI is InChI=1S/C7H9N2/c1-2-7-3-5-9(8)6-4-7/h2-6H,1,8H2/q+1.